The molecule has 0 radical (unpaired) electrons. The lowest BCUT2D eigenvalue weighted by molar-refractivity contribution is 0.0662. The Morgan fingerprint density at radius 2 is 2.00 bits per heavy atom. The molecule has 2 N–H and O–H groups in total. The molecule has 0 unspecified atom stereocenters. The predicted molar refractivity (Wildman–Crippen MR) is 75.4 cm³/mol. The van der Waals surface area contributed by atoms with E-state index in [1.165, 1.54) is 22.9 Å². The molecule has 3 aromatic heterocycles. The van der Waals surface area contributed by atoms with Crippen LogP contribution in [0.3, 0.4) is 0 Å². The highest BCUT2D eigenvalue weighted by Crippen LogP contribution is 2.22. The molecule has 0 aromatic carbocycles. The number of carboxylic acid groups (broad SMARTS) is 2. The fraction of sp³-hybridized carbons (Fsp3) is 0.143. The Kier molecular flexibility index (Phi) is 2.94. The summed E-state index contributed by atoms with van der Waals surface area (Å²) in [5, 5.41) is 18.1. The van der Waals surface area contributed by atoms with Gasteiger partial charge in [0.1, 0.15) is 16.7 Å². The monoisotopic (exact) mass is 302 g/mol. The summed E-state index contributed by atoms with van der Waals surface area (Å²) in [7, 11) is 0. The van der Waals surface area contributed by atoms with Crippen molar-refractivity contribution in [2.45, 2.75) is 13.5 Å². The number of hydrogen-bond donors (Lipinski definition) is 2. The summed E-state index contributed by atoms with van der Waals surface area (Å²) >= 11 is 0. The Morgan fingerprint density at radius 3 is 2.59 bits per heavy atom. The van der Waals surface area contributed by atoms with Crippen LogP contribution in [0.2, 0.25) is 0 Å². The molecule has 22 heavy (non-hydrogen) atoms. The average Bonchev–Trinajstić information content (AvgIpc) is 2.89. The highest BCUT2D eigenvalue weighted by atomic mass is 16.4. The molecular formula is C14H10N2O6. The van der Waals surface area contributed by atoms with Gasteiger partial charge >= 0.3 is 11.9 Å². The highest BCUT2D eigenvalue weighted by molar-refractivity contribution is 5.96. The Morgan fingerprint density at radius 1 is 1.27 bits per heavy atom. The number of rotatable bonds is 3. The first-order valence-electron chi connectivity index (χ1n) is 6.36. The zero-order valence-electron chi connectivity index (χ0n) is 11.4. The zero-order chi connectivity index (χ0) is 16.0. The van der Waals surface area contributed by atoms with Crippen LogP contribution >= 0.6 is 0 Å². The molecule has 3 aromatic rings. The van der Waals surface area contributed by atoms with E-state index in [4.69, 9.17) is 14.6 Å². The van der Waals surface area contributed by atoms with Crippen LogP contribution in [0.25, 0.3) is 22.1 Å². The molecule has 8 heteroatoms. The molecule has 0 aliphatic carbocycles. The van der Waals surface area contributed by atoms with Crippen molar-refractivity contribution in [3.8, 4) is 0 Å². The number of aromatic carboxylic acids is 2. The summed E-state index contributed by atoms with van der Waals surface area (Å²) in [4.78, 5) is 38.5. The molecule has 0 saturated carbocycles. The maximum atomic E-state index is 12.2. The van der Waals surface area contributed by atoms with E-state index in [0.717, 1.165) is 0 Å². The number of furan rings is 1. The van der Waals surface area contributed by atoms with E-state index >= 15 is 0 Å². The van der Waals surface area contributed by atoms with Crippen LogP contribution in [0.4, 0.5) is 0 Å². The van der Waals surface area contributed by atoms with Crippen molar-refractivity contribution in [1.29, 1.82) is 0 Å². The number of aryl methyl sites for hydroxylation is 1. The third-order valence-corrected chi connectivity index (χ3v) is 3.31. The lowest BCUT2D eigenvalue weighted by Crippen LogP contribution is -2.19. The van der Waals surface area contributed by atoms with Gasteiger partial charge in [-0.25, -0.2) is 14.6 Å². The fourth-order valence-electron chi connectivity index (χ4n) is 2.26. The topological polar surface area (TPSA) is 123 Å². The second-order valence-electron chi connectivity index (χ2n) is 4.62. The summed E-state index contributed by atoms with van der Waals surface area (Å²) < 4.78 is 6.63. The number of hydrogen-bond acceptors (Lipinski definition) is 5. The minimum Gasteiger partial charge on any atom is -0.477 e. The molecule has 8 nitrogen and oxygen atoms in total. The molecule has 0 spiro atoms. The maximum absolute atomic E-state index is 12.2. The number of aromatic nitrogens is 2. The van der Waals surface area contributed by atoms with Crippen LogP contribution in [0, 0.1) is 0 Å². The van der Waals surface area contributed by atoms with Crippen LogP contribution in [0.5, 0.6) is 0 Å². The van der Waals surface area contributed by atoms with Gasteiger partial charge in [-0.05, 0) is 13.0 Å². The molecule has 112 valence electrons. The minimum atomic E-state index is -1.33. The van der Waals surface area contributed by atoms with E-state index < -0.39 is 17.4 Å². The molecule has 0 aliphatic heterocycles. The normalized spacial score (nSPS) is 11.1. The molecule has 0 atom stereocenters. The van der Waals surface area contributed by atoms with Crippen molar-refractivity contribution < 1.29 is 24.2 Å². The lowest BCUT2D eigenvalue weighted by atomic mass is 10.2. The predicted octanol–water partition coefficient (Wildman–Crippen LogP) is 1.56. The number of nitrogens with zero attached hydrogens (tertiary/aromatic N) is 2. The van der Waals surface area contributed by atoms with Crippen molar-refractivity contribution in [3.05, 3.63) is 39.9 Å². The molecule has 0 fully saturated rings. The van der Waals surface area contributed by atoms with Gasteiger partial charge in [0.05, 0.1) is 5.39 Å². The first-order chi connectivity index (χ1) is 10.4. The Bertz CT molecular complexity index is 998. The Balaban J connectivity index is 2.46. The van der Waals surface area contributed by atoms with Gasteiger partial charge in [-0.15, -0.1) is 0 Å². The second-order valence-corrected chi connectivity index (χ2v) is 4.62. The van der Waals surface area contributed by atoms with E-state index in [2.05, 4.69) is 4.98 Å². The van der Waals surface area contributed by atoms with Crippen molar-refractivity contribution >= 4 is 34.1 Å². The van der Waals surface area contributed by atoms with Crippen molar-refractivity contribution in [2.75, 3.05) is 0 Å². The highest BCUT2D eigenvalue weighted by Gasteiger charge is 2.18. The van der Waals surface area contributed by atoms with Gasteiger partial charge in [-0.1, -0.05) is 0 Å². The lowest BCUT2D eigenvalue weighted by Gasteiger charge is -2.08. The summed E-state index contributed by atoms with van der Waals surface area (Å²) in [6.07, 6.45) is 1.23. The molecule has 0 aliphatic rings. The summed E-state index contributed by atoms with van der Waals surface area (Å²) in [6.45, 7) is 2.18. The zero-order valence-corrected chi connectivity index (χ0v) is 11.4. The standard InChI is InChI=1S/C14H10N2O6/c1-2-16-5-7(13(18)19)11(17)6-3-9-8(15-12(6)16)4-10(22-9)14(20)21/h3-5H,2H2,1H3,(H,18,19)(H,20,21). The molecular weight excluding hydrogens is 292 g/mol. The van der Waals surface area contributed by atoms with E-state index in [1.54, 1.807) is 6.92 Å². The Labute approximate surface area is 122 Å². The van der Waals surface area contributed by atoms with Crippen LogP contribution in [-0.2, 0) is 6.54 Å². The maximum Gasteiger partial charge on any atom is 0.371 e. The first-order valence-corrected chi connectivity index (χ1v) is 6.36. The minimum absolute atomic E-state index is 0.0699. The van der Waals surface area contributed by atoms with Crippen molar-refractivity contribution in [1.82, 2.24) is 9.55 Å². The van der Waals surface area contributed by atoms with Crippen LogP contribution in [-0.4, -0.2) is 31.7 Å². The smallest absolute Gasteiger partial charge is 0.371 e. The van der Waals surface area contributed by atoms with Gasteiger partial charge in [-0.3, -0.25) is 4.79 Å². The third kappa shape index (κ3) is 1.93. The average molecular weight is 302 g/mol. The van der Waals surface area contributed by atoms with Gasteiger partial charge in [0.2, 0.25) is 11.2 Å². The fourth-order valence-corrected chi connectivity index (χ4v) is 2.26. The van der Waals surface area contributed by atoms with E-state index in [0.29, 0.717) is 6.54 Å². The van der Waals surface area contributed by atoms with Crippen molar-refractivity contribution in [3.63, 3.8) is 0 Å². The Hall–Kier alpha value is -3.16. The molecule has 3 rings (SSSR count). The van der Waals surface area contributed by atoms with Crippen LogP contribution < -0.4 is 5.43 Å². The summed E-state index contributed by atoms with van der Waals surface area (Å²) in [6, 6.07) is 2.58. The van der Waals surface area contributed by atoms with Crippen molar-refractivity contribution in [2.24, 2.45) is 0 Å². The molecule has 0 amide bonds. The largest absolute Gasteiger partial charge is 0.477 e. The molecule has 3 heterocycles. The van der Waals surface area contributed by atoms with Gasteiger partial charge in [0.25, 0.3) is 0 Å². The van der Waals surface area contributed by atoms with Gasteiger partial charge in [0, 0.05) is 18.8 Å². The van der Waals surface area contributed by atoms with Crippen LogP contribution in [0.15, 0.2) is 27.5 Å². The molecule has 0 bridgehead atoms. The summed E-state index contributed by atoms with van der Waals surface area (Å²) in [5.74, 6) is -2.88. The number of pyridine rings is 2. The number of carbonyl (C=O) groups is 2. The SMILES string of the molecule is CCn1cc(C(=O)O)c(=O)c2cc3oc(C(=O)O)cc3nc21. The van der Waals surface area contributed by atoms with Gasteiger partial charge in [0.15, 0.2) is 5.58 Å². The third-order valence-electron chi connectivity index (χ3n) is 3.31. The van der Waals surface area contributed by atoms with E-state index in [9.17, 15) is 14.4 Å². The quantitative estimate of drug-likeness (QED) is 0.752. The second kappa shape index (κ2) is 4.69. The van der Waals surface area contributed by atoms with Crippen LogP contribution in [0.1, 0.15) is 27.8 Å². The first kappa shape index (κ1) is 13.8. The summed E-state index contributed by atoms with van der Waals surface area (Å²) in [5.41, 5.74) is -0.375. The van der Waals surface area contributed by atoms with E-state index in [1.807, 2.05) is 0 Å². The van der Waals surface area contributed by atoms with E-state index in [-0.39, 0.29) is 33.5 Å². The number of carboxylic acids is 2. The van der Waals surface area contributed by atoms with Gasteiger partial charge < -0.3 is 19.2 Å². The van der Waals surface area contributed by atoms with Gasteiger partial charge in [-0.2, -0.15) is 0 Å². The molecule has 0 saturated heterocycles. The number of fused-ring (bicyclic) bond motifs is 2.